The van der Waals surface area contributed by atoms with Gasteiger partial charge in [0.05, 0.1) is 0 Å². The standard InChI is InChI=1S/C15H10F2O2/c16-13-4-2-1-3-11(13)12-7-5-10(9-14(12)17)6-8-15(18)19/h1-9H,(H,18,19). The minimum atomic E-state index is -1.11. The number of halogens is 2. The molecule has 0 saturated carbocycles. The highest BCUT2D eigenvalue weighted by molar-refractivity contribution is 5.85. The minimum absolute atomic E-state index is 0.144. The third kappa shape index (κ3) is 3.04. The normalized spacial score (nSPS) is 10.8. The largest absolute Gasteiger partial charge is 0.478 e. The molecule has 2 rings (SSSR count). The van der Waals surface area contributed by atoms with Crippen LogP contribution in [0.5, 0.6) is 0 Å². The van der Waals surface area contributed by atoms with Crippen molar-refractivity contribution >= 4 is 12.0 Å². The van der Waals surface area contributed by atoms with E-state index >= 15 is 0 Å². The first-order chi connectivity index (χ1) is 9.08. The Morgan fingerprint density at radius 1 is 1.00 bits per heavy atom. The van der Waals surface area contributed by atoms with E-state index < -0.39 is 17.6 Å². The molecule has 2 nitrogen and oxygen atoms in total. The number of hydrogen-bond acceptors (Lipinski definition) is 1. The number of carbonyl (C=O) groups is 1. The van der Waals surface area contributed by atoms with E-state index in [4.69, 9.17) is 5.11 Å². The maximum atomic E-state index is 13.9. The van der Waals surface area contributed by atoms with Gasteiger partial charge < -0.3 is 5.11 Å². The van der Waals surface area contributed by atoms with Crippen LogP contribution < -0.4 is 0 Å². The molecular weight excluding hydrogens is 250 g/mol. The van der Waals surface area contributed by atoms with Gasteiger partial charge in [0.2, 0.25) is 0 Å². The first kappa shape index (κ1) is 13.0. The van der Waals surface area contributed by atoms with Gasteiger partial charge in [-0.3, -0.25) is 0 Å². The van der Waals surface area contributed by atoms with Crippen molar-refractivity contribution in [3.63, 3.8) is 0 Å². The molecule has 19 heavy (non-hydrogen) atoms. The van der Waals surface area contributed by atoms with E-state index in [-0.39, 0.29) is 11.1 Å². The fourth-order valence-corrected chi connectivity index (χ4v) is 1.70. The predicted octanol–water partition coefficient (Wildman–Crippen LogP) is 3.73. The van der Waals surface area contributed by atoms with Gasteiger partial charge in [0.1, 0.15) is 11.6 Å². The number of hydrogen-bond donors (Lipinski definition) is 1. The van der Waals surface area contributed by atoms with E-state index in [0.717, 1.165) is 6.08 Å². The summed E-state index contributed by atoms with van der Waals surface area (Å²) in [6.45, 7) is 0. The Kier molecular flexibility index (Phi) is 3.71. The van der Waals surface area contributed by atoms with Gasteiger partial charge in [0.15, 0.2) is 0 Å². The highest BCUT2D eigenvalue weighted by atomic mass is 19.1. The molecule has 0 atom stereocenters. The molecule has 0 bridgehead atoms. The lowest BCUT2D eigenvalue weighted by molar-refractivity contribution is -0.131. The maximum Gasteiger partial charge on any atom is 0.328 e. The van der Waals surface area contributed by atoms with E-state index in [2.05, 4.69) is 0 Å². The van der Waals surface area contributed by atoms with Crippen LogP contribution in [0, 0.1) is 11.6 Å². The van der Waals surface area contributed by atoms with Crippen molar-refractivity contribution in [1.29, 1.82) is 0 Å². The van der Waals surface area contributed by atoms with Gasteiger partial charge in [-0.25, -0.2) is 13.6 Å². The van der Waals surface area contributed by atoms with Crippen LogP contribution in [0.25, 0.3) is 17.2 Å². The Morgan fingerprint density at radius 3 is 2.32 bits per heavy atom. The Labute approximate surface area is 108 Å². The summed E-state index contributed by atoms with van der Waals surface area (Å²) in [7, 11) is 0. The van der Waals surface area contributed by atoms with Crippen LogP contribution in [0.2, 0.25) is 0 Å². The number of benzene rings is 2. The van der Waals surface area contributed by atoms with Crippen molar-refractivity contribution in [3.05, 3.63) is 65.7 Å². The van der Waals surface area contributed by atoms with E-state index in [1.54, 1.807) is 6.07 Å². The van der Waals surface area contributed by atoms with Crippen molar-refractivity contribution in [2.45, 2.75) is 0 Å². The second kappa shape index (κ2) is 5.44. The molecule has 0 fully saturated rings. The molecule has 0 saturated heterocycles. The molecule has 0 heterocycles. The number of rotatable bonds is 3. The van der Waals surface area contributed by atoms with Crippen molar-refractivity contribution in [1.82, 2.24) is 0 Å². The van der Waals surface area contributed by atoms with Gasteiger partial charge in [-0.15, -0.1) is 0 Å². The molecule has 0 unspecified atom stereocenters. The van der Waals surface area contributed by atoms with Crippen LogP contribution in [-0.2, 0) is 4.79 Å². The molecule has 0 aliphatic rings. The van der Waals surface area contributed by atoms with Crippen molar-refractivity contribution in [2.24, 2.45) is 0 Å². The lowest BCUT2D eigenvalue weighted by Crippen LogP contribution is -1.90. The number of carboxylic acids is 1. The summed E-state index contributed by atoms with van der Waals surface area (Å²) in [5, 5.41) is 8.48. The van der Waals surface area contributed by atoms with Crippen LogP contribution >= 0.6 is 0 Å². The summed E-state index contributed by atoms with van der Waals surface area (Å²) in [6, 6.07) is 10.0. The van der Waals surface area contributed by atoms with Gasteiger partial charge in [-0.1, -0.05) is 30.3 Å². The summed E-state index contributed by atoms with van der Waals surface area (Å²) in [6.07, 6.45) is 2.19. The molecule has 2 aromatic rings. The fourth-order valence-electron chi connectivity index (χ4n) is 1.70. The van der Waals surface area contributed by atoms with Gasteiger partial charge in [-0.2, -0.15) is 0 Å². The van der Waals surface area contributed by atoms with Crippen LogP contribution in [0.1, 0.15) is 5.56 Å². The molecule has 2 aromatic carbocycles. The third-order valence-electron chi connectivity index (χ3n) is 2.58. The fraction of sp³-hybridized carbons (Fsp3) is 0. The summed E-state index contributed by atoms with van der Waals surface area (Å²) in [4.78, 5) is 10.4. The SMILES string of the molecule is O=C(O)C=Cc1ccc(-c2ccccc2F)c(F)c1. The zero-order valence-corrected chi connectivity index (χ0v) is 9.81. The van der Waals surface area contributed by atoms with E-state index in [1.165, 1.54) is 42.5 Å². The topological polar surface area (TPSA) is 37.3 Å². The highest BCUT2D eigenvalue weighted by Crippen LogP contribution is 2.26. The summed E-state index contributed by atoms with van der Waals surface area (Å²) in [5.74, 6) is -2.22. The summed E-state index contributed by atoms with van der Waals surface area (Å²) in [5.41, 5.74) is 0.722. The molecule has 0 radical (unpaired) electrons. The highest BCUT2D eigenvalue weighted by Gasteiger charge is 2.09. The van der Waals surface area contributed by atoms with Gasteiger partial charge >= 0.3 is 5.97 Å². The molecule has 0 aliphatic carbocycles. The van der Waals surface area contributed by atoms with Gasteiger partial charge in [0, 0.05) is 17.2 Å². The number of carboxylic acid groups (broad SMARTS) is 1. The Bertz CT molecular complexity index is 648. The Balaban J connectivity index is 2.40. The van der Waals surface area contributed by atoms with Crippen molar-refractivity contribution < 1.29 is 18.7 Å². The first-order valence-electron chi connectivity index (χ1n) is 5.53. The lowest BCUT2D eigenvalue weighted by atomic mass is 10.0. The average Bonchev–Trinajstić information content (AvgIpc) is 2.38. The van der Waals surface area contributed by atoms with E-state index in [1.807, 2.05) is 0 Å². The smallest absolute Gasteiger partial charge is 0.328 e. The van der Waals surface area contributed by atoms with E-state index in [9.17, 15) is 13.6 Å². The second-order valence-electron chi connectivity index (χ2n) is 3.89. The van der Waals surface area contributed by atoms with Crippen molar-refractivity contribution in [2.75, 3.05) is 0 Å². The van der Waals surface area contributed by atoms with E-state index in [0.29, 0.717) is 5.56 Å². The predicted molar refractivity (Wildman–Crippen MR) is 68.5 cm³/mol. The Morgan fingerprint density at radius 2 is 1.68 bits per heavy atom. The molecular formula is C15H10F2O2. The molecule has 4 heteroatoms. The third-order valence-corrected chi connectivity index (χ3v) is 2.58. The zero-order valence-electron chi connectivity index (χ0n) is 9.81. The molecule has 0 aromatic heterocycles. The van der Waals surface area contributed by atoms with Crippen LogP contribution in [0.4, 0.5) is 8.78 Å². The molecule has 0 spiro atoms. The Hall–Kier alpha value is -2.49. The summed E-state index contributed by atoms with van der Waals surface area (Å²) < 4.78 is 27.4. The molecule has 1 N–H and O–H groups in total. The molecule has 0 amide bonds. The monoisotopic (exact) mass is 260 g/mol. The molecule has 0 aliphatic heterocycles. The van der Waals surface area contributed by atoms with Crippen molar-refractivity contribution in [3.8, 4) is 11.1 Å². The van der Waals surface area contributed by atoms with Crippen LogP contribution in [0.3, 0.4) is 0 Å². The van der Waals surface area contributed by atoms with Crippen LogP contribution in [-0.4, -0.2) is 11.1 Å². The number of aliphatic carboxylic acids is 1. The zero-order chi connectivity index (χ0) is 13.8. The van der Waals surface area contributed by atoms with Gasteiger partial charge in [-0.05, 0) is 23.8 Å². The summed E-state index contributed by atoms with van der Waals surface area (Å²) >= 11 is 0. The lowest BCUT2D eigenvalue weighted by Gasteiger charge is -2.05. The van der Waals surface area contributed by atoms with Gasteiger partial charge in [0.25, 0.3) is 0 Å². The average molecular weight is 260 g/mol. The van der Waals surface area contributed by atoms with Crippen LogP contribution in [0.15, 0.2) is 48.5 Å². The first-order valence-corrected chi connectivity index (χ1v) is 5.53. The maximum absolute atomic E-state index is 13.9. The second-order valence-corrected chi connectivity index (χ2v) is 3.89. The quantitative estimate of drug-likeness (QED) is 0.854. The molecule has 96 valence electrons. The minimum Gasteiger partial charge on any atom is -0.478 e.